The molecule has 2 heterocycles. The minimum absolute atomic E-state index is 0.0416. The van der Waals surface area contributed by atoms with Crippen LogP contribution in [0.1, 0.15) is 28.5 Å². The van der Waals surface area contributed by atoms with Gasteiger partial charge in [0.25, 0.3) is 5.91 Å². The number of nitrogens with zero attached hydrogens (tertiary/aromatic N) is 3. The summed E-state index contributed by atoms with van der Waals surface area (Å²) in [5, 5.41) is 17.5. The van der Waals surface area contributed by atoms with Crippen molar-refractivity contribution in [1.29, 1.82) is 0 Å². The predicted molar refractivity (Wildman–Crippen MR) is 97.2 cm³/mol. The van der Waals surface area contributed by atoms with Gasteiger partial charge < -0.3 is 16.0 Å². The first-order chi connectivity index (χ1) is 12.5. The Hall–Kier alpha value is -2.16. The molecular formula is C16H18Cl2N6O2. The summed E-state index contributed by atoms with van der Waals surface area (Å²) in [4.78, 5) is 23.9. The monoisotopic (exact) mass is 396 g/mol. The summed E-state index contributed by atoms with van der Waals surface area (Å²) in [6.07, 6.45) is 2.40. The third-order valence-corrected chi connectivity index (χ3v) is 4.76. The van der Waals surface area contributed by atoms with Crippen LogP contribution in [0.4, 0.5) is 0 Å². The summed E-state index contributed by atoms with van der Waals surface area (Å²) in [5.41, 5.74) is 0.962. The van der Waals surface area contributed by atoms with Gasteiger partial charge in [-0.3, -0.25) is 9.59 Å². The quantitative estimate of drug-likeness (QED) is 0.703. The van der Waals surface area contributed by atoms with E-state index in [2.05, 4.69) is 26.3 Å². The first-order valence-electron chi connectivity index (χ1n) is 8.07. The van der Waals surface area contributed by atoms with E-state index in [1.54, 1.807) is 30.1 Å². The molecule has 138 valence electrons. The van der Waals surface area contributed by atoms with Crippen molar-refractivity contribution in [2.75, 3.05) is 13.6 Å². The van der Waals surface area contributed by atoms with Gasteiger partial charge in [-0.15, -0.1) is 5.10 Å². The van der Waals surface area contributed by atoms with E-state index in [1.165, 1.54) is 6.07 Å². The molecule has 0 unspecified atom stereocenters. The van der Waals surface area contributed by atoms with Crippen molar-refractivity contribution < 1.29 is 9.59 Å². The summed E-state index contributed by atoms with van der Waals surface area (Å²) < 4.78 is 1.71. The number of benzene rings is 1. The fourth-order valence-corrected chi connectivity index (χ4v) is 3.30. The summed E-state index contributed by atoms with van der Waals surface area (Å²) >= 11 is 11.9. The summed E-state index contributed by atoms with van der Waals surface area (Å²) in [5.74, 6) is -0.358. The number of hydrogen-bond donors (Lipinski definition) is 3. The zero-order valence-electron chi connectivity index (χ0n) is 14.0. The molecule has 1 aliphatic heterocycles. The first-order valence-corrected chi connectivity index (χ1v) is 8.82. The second-order valence-corrected chi connectivity index (χ2v) is 6.80. The Morgan fingerprint density at radius 3 is 2.92 bits per heavy atom. The highest BCUT2D eigenvalue weighted by Crippen LogP contribution is 2.21. The van der Waals surface area contributed by atoms with E-state index >= 15 is 0 Å². The number of carbonyl (C=O) groups excluding carboxylic acids is 2. The van der Waals surface area contributed by atoms with E-state index < -0.39 is 0 Å². The highest BCUT2D eigenvalue weighted by molar-refractivity contribution is 6.36. The number of aromatic nitrogens is 3. The molecule has 2 amide bonds. The average Bonchev–Trinajstić information content (AvgIpc) is 3.28. The van der Waals surface area contributed by atoms with E-state index in [0.29, 0.717) is 29.2 Å². The lowest BCUT2D eigenvalue weighted by Gasteiger charge is -2.09. The number of likely N-dealkylation sites (N-methyl/N-ethyl adjacent to an activating group) is 1. The van der Waals surface area contributed by atoms with Crippen LogP contribution < -0.4 is 16.0 Å². The topological polar surface area (TPSA) is 101 Å². The third kappa shape index (κ3) is 4.14. The highest BCUT2D eigenvalue weighted by atomic mass is 35.5. The Labute approximate surface area is 160 Å². The van der Waals surface area contributed by atoms with Crippen LogP contribution in [0.2, 0.25) is 10.0 Å². The lowest BCUT2D eigenvalue weighted by Crippen LogP contribution is -2.38. The molecule has 2 aromatic rings. The van der Waals surface area contributed by atoms with E-state index in [9.17, 15) is 9.59 Å². The van der Waals surface area contributed by atoms with Gasteiger partial charge >= 0.3 is 0 Å². The summed E-state index contributed by atoms with van der Waals surface area (Å²) in [6, 6.07) is 4.50. The summed E-state index contributed by atoms with van der Waals surface area (Å²) in [7, 11) is 1.61. The molecule has 0 bridgehead atoms. The highest BCUT2D eigenvalue weighted by Gasteiger charge is 2.30. The van der Waals surface area contributed by atoms with E-state index in [-0.39, 0.29) is 35.5 Å². The lowest BCUT2D eigenvalue weighted by molar-refractivity contribution is -0.122. The molecule has 10 heteroatoms. The second-order valence-electron chi connectivity index (χ2n) is 5.96. The van der Waals surface area contributed by atoms with Gasteiger partial charge in [0.05, 0.1) is 35.4 Å². The minimum Gasteiger partial charge on any atom is -0.358 e. The molecular weight excluding hydrogens is 379 g/mol. The molecule has 8 nitrogen and oxygen atoms in total. The van der Waals surface area contributed by atoms with Crippen molar-refractivity contribution in [1.82, 2.24) is 30.9 Å². The fourth-order valence-electron chi connectivity index (χ4n) is 2.81. The van der Waals surface area contributed by atoms with E-state index in [0.717, 1.165) is 0 Å². The van der Waals surface area contributed by atoms with Crippen LogP contribution in [0.15, 0.2) is 24.4 Å². The zero-order chi connectivity index (χ0) is 18.7. The van der Waals surface area contributed by atoms with Gasteiger partial charge in [0, 0.05) is 18.6 Å². The molecule has 1 saturated heterocycles. The Morgan fingerprint density at radius 2 is 2.19 bits per heavy atom. The molecule has 3 N–H and O–H groups in total. The van der Waals surface area contributed by atoms with Crippen LogP contribution in [0.5, 0.6) is 0 Å². The predicted octanol–water partition coefficient (Wildman–Crippen LogP) is 1.16. The van der Waals surface area contributed by atoms with Crippen LogP contribution in [-0.4, -0.2) is 46.4 Å². The third-order valence-electron chi connectivity index (χ3n) is 4.21. The molecule has 0 radical (unpaired) electrons. The Kier molecular flexibility index (Phi) is 5.75. The van der Waals surface area contributed by atoms with Gasteiger partial charge in [-0.1, -0.05) is 28.4 Å². The Bertz CT molecular complexity index is 825. The first kappa shape index (κ1) is 18.6. The molecule has 3 rings (SSSR count). The van der Waals surface area contributed by atoms with Gasteiger partial charge in [-0.05, 0) is 24.6 Å². The van der Waals surface area contributed by atoms with Crippen LogP contribution in [0, 0.1) is 0 Å². The van der Waals surface area contributed by atoms with Gasteiger partial charge in [0.2, 0.25) is 5.91 Å². The SMILES string of the molecule is CNC(=O)[C@@H]1C[C@@H](n2cc(CNC(=O)c3ccc(Cl)cc3Cl)nn2)CN1. The Balaban J connectivity index is 1.57. The average molecular weight is 397 g/mol. The van der Waals surface area contributed by atoms with Crippen molar-refractivity contribution in [3.05, 3.63) is 45.7 Å². The van der Waals surface area contributed by atoms with Gasteiger partial charge in [0.15, 0.2) is 0 Å². The van der Waals surface area contributed by atoms with Crippen molar-refractivity contribution in [2.24, 2.45) is 0 Å². The minimum atomic E-state index is -0.316. The molecule has 1 aromatic heterocycles. The molecule has 1 aliphatic rings. The largest absolute Gasteiger partial charge is 0.358 e. The number of halogens is 2. The van der Waals surface area contributed by atoms with E-state index in [4.69, 9.17) is 23.2 Å². The van der Waals surface area contributed by atoms with Gasteiger partial charge in [-0.25, -0.2) is 4.68 Å². The van der Waals surface area contributed by atoms with Crippen LogP contribution in [0.25, 0.3) is 0 Å². The molecule has 2 atom stereocenters. The van der Waals surface area contributed by atoms with Crippen LogP contribution in [-0.2, 0) is 11.3 Å². The number of rotatable bonds is 5. The molecule has 0 saturated carbocycles. The van der Waals surface area contributed by atoms with Crippen molar-refractivity contribution in [2.45, 2.75) is 25.0 Å². The maximum absolute atomic E-state index is 12.2. The maximum Gasteiger partial charge on any atom is 0.253 e. The normalized spacial score (nSPS) is 19.3. The molecule has 26 heavy (non-hydrogen) atoms. The fraction of sp³-hybridized carbons (Fsp3) is 0.375. The van der Waals surface area contributed by atoms with Crippen molar-refractivity contribution >= 4 is 35.0 Å². The lowest BCUT2D eigenvalue weighted by atomic mass is 10.1. The van der Waals surface area contributed by atoms with Crippen LogP contribution in [0.3, 0.4) is 0 Å². The van der Waals surface area contributed by atoms with Crippen molar-refractivity contribution in [3.63, 3.8) is 0 Å². The smallest absolute Gasteiger partial charge is 0.253 e. The standard InChI is InChI=1S/C16H18Cl2N6O2/c1-19-16(26)14-5-11(7-20-14)24-8-10(22-23-24)6-21-15(25)12-3-2-9(17)4-13(12)18/h2-4,8,11,14,20H,5-7H2,1H3,(H,19,26)(H,21,25)/t11-,14+/m1/s1. The van der Waals surface area contributed by atoms with Crippen LogP contribution >= 0.6 is 23.2 Å². The Morgan fingerprint density at radius 1 is 1.38 bits per heavy atom. The number of amides is 2. The number of carbonyl (C=O) groups is 2. The zero-order valence-corrected chi connectivity index (χ0v) is 15.5. The van der Waals surface area contributed by atoms with Gasteiger partial charge in [0.1, 0.15) is 5.69 Å². The van der Waals surface area contributed by atoms with Crippen molar-refractivity contribution in [3.8, 4) is 0 Å². The second kappa shape index (κ2) is 8.03. The molecule has 0 aliphatic carbocycles. The number of nitrogens with one attached hydrogen (secondary N) is 3. The molecule has 0 spiro atoms. The molecule has 1 aromatic carbocycles. The maximum atomic E-state index is 12.2. The van der Waals surface area contributed by atoms with Gasteiger partial charge in [-0.2, -0.15) is 0 Å². The number of hydrogen-bond acceptors (Lipinski definition) is 5. The molecule has 1 fully saturated rings. The summed E-state index contributed by atoms with van der Waals surface area (Å²) in [6.45, 7) is 0.852. The van der Waals surface area contributed by atoms with E-state index in [1.807, 2.05) is 0 Å².